The van der Waals surface area contributed by atoms with Gasteiger partial charge in [-0.3, -0.25) is 14.4 Å². The molecule has 0 spiro atoms. The third-order valence-corrected chi connectivity index (χ3v) is 4.75. The maximum atomic E-state index is 12.4. The van der Waals surface area contributed by atoms with Crippen LogP contribution in [0.5, 0.6) is 5.75 Å². The third-order valence-electron chi connectivity index (χ3n) is 4.75. The number of fused-ring (bicyclic) bond motifs is 1. The van der Waals surface area contributed by atoms with E-state index in [0.29, 0.717) is 24.4 Å². The average Bonchev–Trinajstić information content (AvgIpc) is 2.95. The van der Waals surface area contributed by atoms with Crippen LogP contribution < -0.4 is 9.64 Å². The summed E-state index contributed by atoms with van der Waals surface area (Å²) in [7, 11) is 0. The number of carbonyl (C=O) groups is 3. The summed E-state index contributed by atoms with van der Waals surface area (Å²) in [5.74, 6) is -1.05. The summed E-state index contributed by atoms with van der Waals surface area (Å²) in [6, 6.07) is 6.90. The van der Waals surface area contributed by atoms with Crippen molar-refractivity contribution in [3.05, 3.63) is 24.3 Å². The maximum Gasteiger partial charge on any atom is 0.308 e. The van der Waals surface area contributed by atoms with E-state index in [-0.39, 0.29) is 37.4 Å². The minimum absolute atomic E-state index is 0.0353. The molecule has 0 aromatic heterocycles. The fraction of sp³-hybridized carbons (Fsp3) is 0.471. The minimum atomic E-state index is -0.866. The second-order valence-corrected chi connectivity index (χ2v) is 6.11. The van der Waals surface area contributed by atoms with Crippen molar-refractivity contribution < 1.29 is 24.2 Å². The van der Waals surface area contributed by atoms with Crippen molar-refractivity contribution in [2.75, 3.05) is 24.6 Å². The Morgan fingerprint density at radius 1 is 1.33 bits per heavy atom. The molecule has 0 saturated carbocycles. The molecule has 1 N–H and O–H groups in total. The van der Waals surface area contributed by atoms with Crippen molar-refractivity contribution in [1.29, 1.82) is 0 Å². The highest BCUT2D eigenvalue weighted by Crippen LogP contribution is 2.32. The molecule has 0 radical (unpaired) electrons. The Morgan fingerprint density at radius 2 is 2.08 bits per heavy atom. The summed E-state index contributed by atoms with van der Waals surface area (Å²) in [5, 5.41) is 9.16. The zero-order chi connectivity index (χ0) is 17.3. The van der Waals surface area contributed by atoms with Gasteiger partial charge in [0, 0.05) is 25.6 Å². The Bertz CT molecular complexity index is 675. The van der Waals surface area contributed by atoms with Crippen LogP contribution in [0.3, 0.4) is 0 Å². The van der Waals surface area contributed by atoms with Gasteiger partial charge in [0.15, 0.2) is 6.61 Å². The Morgan fingerprint density at radius 3 is 2.79 bits per heavy atom. The number of hydrogen-bond acceptors (Lipinski definition) is 4. The van der Waals surface area contributed by atoms with Crippen LogP contribution >= 0.6 is 0 Å². The van der Waals surface area contributed by atoms with Crippen molar-refractivity contribution in [3.63, 3.8) is 0 Å². The quantitative estimate of drug-likeness (QED) is 0.893. The summed E-state index contributed by atoms with van der Waals surface area (Å²) in [6.07, 6.45) is 0.637. The normalized spacial score (nSPS) is 23.0. The van der Waals surface area contributed by atoms with E-state index < -0.39 is 11.9 Å². The number of nitrogens with zero attached hydrogens (tertiary/aromatic N) is 2. The molecule has 2 atom stereocenters. The summed E-state index contributed by atoms with van der Waals surface area (Å²) < 4.78 is 5.38. The van der Waals surface area contributed by atoms with Gasteiger partial charge < -0.3 is 19.6 Å². The third kappa shape index (κ3) is 2.93. The average molecular weight is 332 g/mol. The van der Waals surface area contributed by atoms with Gasteiger partial charge in [0.05, 0.1) is 11.6 Å². The first-order valence-corrected chi connectivity index (χ1v) is 8.03. The fourth-order valence-electron chi connectivity index (χ4n) is 3.37. The highest BCUT2D eigenvalue weighted by atomic mass is 16.5. The molecule has 2 aliphatic heterocycles. The van der Waals surface area contributed by atoms with E-state index in [2.05, 4.69) is 0 Å². The SMILES string of the molecule is CC1C(C(=O)O)CCN1C(=O)CCN1C(=O)COc2ccccc21. The van der Waals surface area contributed by atoms with Crippen LogP contribution in [0.25, 0.3) is 0 Å². The van der Waals surface area contributed by atoms with Crippen molar-refractivity contribution in [3.8, 4) is 5.75 Å². The van der Waals surface area contributed by atoms with Crippen molar-refractivity contribution in [2.45, 2.75) is 25.8 Å². The predicted molar refractivity (Wildman–Crippen MR) is 85.8 cm³/mol. The number of anilines is 1. The van der Waals surface area contributed by atoms with Crippen LogP contribution in [-0.2, 0) is 14.4 Å². The predicted octanol–water partition coefficient (Wildman–Crippen LogP) is 1.12. The monoisotopic (exact) mass is 332 g/mol. The number of amides is 2. The number of hydrogen-bond donors (Lipinski definition) is 1. The van der Waals surface area contributed by atoms with Crippen LogP contribution in [-0.4, -0.2) is 53.5 Å². The second kappa shape index (κ2) is 6.51. The summed E-state index contributed by atoms with van der Waals surface area (Å²) >= 11 is 0. The molecule has 0 aliphatic carbocycles. The van der Waals surface area contributed by atoms with Crippen LogP contribution in [0.2, 0.25) is 0 Å². The number of likely N-dealkylation sites (tertiary alicyclic amines) is 1. The number of carboxylic acid groups (broad SMARTS) is 1. The summed E-state index contributed by atoms with van der Waals surface area (Å²) in [6.45, 7) is 2.44. The maximum absolute atomic E-state index is 12.4. The molecule has 1 fully saturated rings. The first kappa shape index (κ1) is 16.3. The largest absolute Gasteiger partial charge is 0.482 e. The molecular formula is C17H20N2O5. The zero-order valence-electron chi connectivity index (χ0n) is 13.5. The lowest BCUT2D eigenvalue weighted by molar-refractivity contribution is -0.143. The standard InChI is InChI=1S/C17H20N2O5/c1-11-12(17(22)23)6-8-18(11)15(20)7-9-19-13-4-2-3-5-14(13)24-10-16(19)21/h2-5,11-12H,6-10H2,1H3,(H,22,23). The van der Waals surface area contributed by atoms with E-state index in [4.69, 9.17) is 9.84 Å². The van der Waals surface area contributed by atoms with Gasteiger partial charge >= 0.3 is 5.97 Å². The Kier molecular flexibility index (Phi) is 4.42. The van der Waals surface area contributed by atoms with Gasteiger partial charge in [0.2, 0.25) is 5.91 Å². The Balaban J connectivity index is 1.65. The molecule has 1 aromatic carbocycles. The van der Waals surface area contributed by atoms with E-state index >= 15 is 0 Å². The van der Waals surface area contributed by atoms with Gasteiger partial charge in [0.25, 0.3) is 5.91 Å². The summed E-state index contributed by atoms with van der Waals surface area (Å²) in [5.41, 5.74) is 0.666. The topological polar surface area (TPSA) is 87.2 Å². The Labute approximate surface area is 139 Å². The second-order valence-electron chi connectivity index (χ2n) is 6.11. The highest BCUT2D eigenvalue weighted by molar-refractivity contribution is 5.98. The molecule has 2 unspecified atom stereocenters. The lowest BCUT2D eigenvalue weighted by atomic mass is 10.0. The van der Waals surface area contributed by atoms with E-state index in [9.17, 15) is 14.4 Å². The van der Waals surface area contributed by atoms with Crippen LogP contribution in [0.15, 0.2) is 24.3 Å². The number of para-hydroxylation sites is 2. The number of carboxylic acids is 1. The lowest BCUT2D eigenvalue weighted by Crippen LogP contribution is -2.43. The molecule has 1 saturated heterocycles. The van der Waals surface area contributed by atoms with E-state index in [1.165, 1.54) is 0 Å². The molecule has 0 bridgehead atoms. The van der Waals surface area contributed by atoms with Crippen LogP contribution in [0, 0.1) is 5.92 Å². The molecule has 2 aliphatic rings. The van der Waals surface area contributed by atoms with Gasteiger partial charge in [-0.25, -0.2) is 0 Å². The number of rotatable bonds is 4. The van der Waals surface area contributed by atoms with Gasteiger partial charge in [-0.15, -0.1) is 0 Å². The number of carbonyl (C=O) groups excluding carboxylic acids is 2. The zero-order valence-corrected chi connectivity index (χ0v) is 13.5. The minimum Gasteiger partial charge on any atom is -0.482 e. The molecule has 2 amide bonds. The van der Waals surface area contributed by atoms with Crippen molar-refractivity contribution >= 4 is 23.5 Å². The van der Waals surface area contributed by atoms with Crippen molar-refractivity contribution in [1.82, 2.24) is 4.90 Å². The molecular weight excluding hydrogens is 312 g/mol. The van der Waals surface area contributed by atoms with E-state index in [1.807, 2.05) is 12.1 Å². The van der Waals surface area contributed by atoms with E-state index in [0.717, 1.165) is 0 Å². The van der Waals surface area contributed by atoms with Crippen LogP contribution in [0.1, 0.15) is 19.8 Å². The molecule has 2 heterocycles. The fourth-order valence-corrected chi connectivity index (χ4v) is 3.37. The van der Waals surface area contributed by atoms with Crippen molar-refractivity contribution in [2.24, 2.45) is 5.92 Å². The molecule has 3 rings (SSSR count). The Hall–Kier alpha value is -2.57. The number of benzene rings is 1. The molecule has 7 nitrogen and oxygen atoms in total. The first-order valence-electron chi connectivity index (χ1n) is 8.03. The van der Waals surface area contributed by atoms with Gasteiger partial charge in [-0.2, -0.15) is 0 Å². The molecule has 128 valence electrons. The molecule has 24 heavy (non-hydrogen) atoms. The smallest absolute Gasteiger partial charge is 0.308 e. The number of ether oxygens (including phenoxy) is 1. The molecule has 7 heteroatoms. The van der Waals surface area contributed by atoms with Gasteiger partial charge in [-0.1, -0.05) is 12.1 Å². The number of aliphatic carboxylic acids is 1. The lowest BCUT2D eigenvalue weighted by Gasteiger charge is -2.30. The van der Waals surface area contributed by atoms with Gasteiger partial charge in [0.1, 0.15) is 5.75 Å². The van der Waals surface area contributed by atoms with E-state index in [1.54, 1.807) is 28.9 Å². The van der Waals surface area contributed by atoms with Crippen LogP contribution in [0.4, 0.5) is 5.69 Å². The first-order chi connectivity index (χ1) is 11.5. The summed E-state index contributed by atoms with van der Waals surface area (Å²) in [4.78, 5) is 38.9. The highest BCUT2D eigenvalue weighted by Gasteiger charge is 2.38. The molecule has 1 aromatic rings. The van der Waals surface area contributed by atoms with Gasteiger partial charge in [-0.05, 0) is 25.5 Å².